The number of Topliss-reactive ketones (excluding diaryl/α,β-unsaturated/α-hetero) is 1. The third-order valence-corrected chi connectivity index (χ3v) is 2.97. The van der Waals surface area contributed by atoms with E-state index in [1.807, 2.05) is 0 Å². The third kappa shape index (κ3) is 3.50. The summed E-state index contributed by atoms with van der Waals surface area (Å²) in [5.74, 6) is -3.97. The zero-order valence-electron chi connectivity index (χ0n) is 10.3. The number of methoxy groups -OCH3 is 1. The Morgan fingerprint density at radius 3 is 2.53 bits per heavy atom. The van der Waals surface area contributed by atoms with Crippen LogP contribution in [0.15, 0.2) is 10.5 Å². The van der Waals surface area contributed by atoms with Gasteiger partial charge < -0.3 is 9.47 Å². The highest BCUT2D eigenvalue weighted by molar-refractivity contribution is 9.10. The summed E-state index contributed by atoms with van der Waals surface area (Å²) in [6, 6.07) is 0.712. The van der Waals surface area contributed by atoms with Crippen molar-refractivity contribution < 1.29 is 27.8 Å². The zero-order valence-corrected chi connectivity index (χ0v) is 11.8. The van der Waals surface area contributed by atoms with Crippen LogP contribution in [0.25, 0.3) is 0 Å². The SMILES string of the molecule is CCOC(=O)CC(=O)c1cc(F)c(Br)c(OC)c1F. The molecule has 0 bridgehead atoms. The Morgan fingerprint density at radius 2 is 2.00 bits per heavy atom. The first-order valence-electron chi connectivity index (χ1n) is 5.32. The smallest absolute Gasteiger partial charge is 0.313 e. The molecule has 0 aromatic heterocycles. The maximum atomic E-state index is 13.9. The van der Waals surface area contributed by atoms with Gasteiger partial charge in [-0.2, -0.15) is 0 Å². The van der Waals surface area contributed by atoms with Crippen molar-refractivity contribution in [2.45, 2.75) is 13.3 Å². The van der Waals surface area contributed by atoms with Gasteiger partial charge in [0.15, 0.2) is 17.3 Å². The van der Waals surface area contributed by atoms with Crippen molar-refractivity contribution in [1.82, 2.24) is 0 Å². The lowest BCUT2D eigenvalue weighted by atomic mass is 10.1. The van der Waals surface area contributed by atoms with E-state index < -0.39 is 41.1 Å². The number of carbonyl (C=O) groups excluding carboxylic acids is 2. The van der Waals surface area contributed by atoms with Gasteiger partial charge in [-0.15, -0.1) is 0 Å². The van der Waals surface area contributed by atoms with Gasteiger partial charge in [0.2, 0.25) is 0 Å². The molecular weight excluding hydrogens is 326 g/mol. The van der Waals surface area contributed by atoms with Crippen molar-refractivity contribution in [2.24, 2.45) is 0 Å². The number of ketones is 1. The molecule has 0 aliphatic carbocycles. The molecule has 1 aromatic rings. The summed E-state index contributed by atoms with van der Waals surface area (Å²) in [5, 5.41) is 0. The molecule has 0 atom stereocenters. The molecule has 19 heavy (non-hydrogen) atoms. The summed E-state index contributed by atoms with van der Waals surface area (Å²) in [7, 11) is 1.14. The van der Waals surface area contributed by atoms with E-state index in [2.05, 4.69) is 25.4 Å². The van der Waals surface area contributed by atoms with Gasteiger partial charge in [-0.1, -0.05) is 0 Å². The summed E-state index contributed by atoms with van der Waals surface area (Å²) in [6.07, 6.45) is -0.658. The Hall–Kier alpha value is -1.50. The Bertz CT molecular complexity index is 517. The molecule has 0 unspecified atom stereocenters. The van der Waals surface area contributed by atoms with E-state index in [0.717, 1.165) is 7.11 Å². The normalized spacial score (nSPS) is 10.2. The number of esters is 1. The number of hydrogen-bond acceptors (Lipinski definition) is 4. The van der Waals surface area contributed by atoms with Crippen LogP contribution in [0.2, 0.25) is 0 Å². The molecule has 1 aromatic carbocycles. The van der Waals surface area contributed by atoms with Crippen molar-refractivity contribution in [3.8, 4) is 5.75 Å². The molecule has 0 spiro atoms. The third-order valence-electron chi connectivity index (χ3n) is 2.23. The van der Waals surface area contributed by atoms with Crippen molar-refractivity contribution in [1.29, 1.82) is 0 Å². The highest BCUT2D eigenvalue weighted by atomic mass is 79.9. The molecule has 0 N–H and O–H groups in total. The molecule has 0 fully saturated rings. The fraction of sp³-hybridized carbons (Fsp3) is 0.333. The van der Waals surface area contributed by atoms with Gasteiger partial charge in [0, 0.05) is 0 Å². The summed E-state index contributed by atoms with van der Waals surface area (Å²) >= 11 is 2.81. The van der Waals surface area contributed by atoms with Crippen LogP contribution >= 0.6 is 15.9 Å². The van der Waals surface area contributed by atoms with Crippen molar-refractivity contribution in [2.75, 3.05) is 13.7 Å². The number of carbonyl (C=O) groups is 2. The first-order chi connectivity index (χ1) is 8.92. The highest BCUT2D eigenvalue weighted by Crippen LogP contribution is 2.33. The van der Waals surface area contributed by atoms with Gasteiger partial charge in [0.25, 0.3) is 0 Å². The van der Waals surface area contributed by atoms with E-state index in [0.29, 0.717) is 6.07 Å². The lowest BCUT2D eigenvalue weighted by molar-refractivity contribution is -0.141. The Morgan fingerprint density at radius 1 is 1.37 bits per heavy atom. The molecule has 104 valence electrons. The maximum absolute atomic E-state index is 13.9. The lowest BCUT2D eigenvalue weighted by Gasteiger charge is -2.09. The second-order valence-corrected chi connectivity index (χ2v) is 4.27. The molecule has 4 nitrogen and oxygen atoms in total. The first-order valence-corrected chi connectivity index (χ1v) is 6.11. The molecule has 1 rings (SSSR count). The quantitative estimate of drug-likeness (QED) is 0.359. The Balaban J connectivity index is 3.10. The van der Waals surface area contributed by atoms with Crippen LogP contribution in [0, 0.1) is 11.6 Å². The molecule has 0 saturated carbocycles. The van der Waals surface area contributed by atoms with Crippen LogP contribution in [0.3, 0.4) is 0 Å². The number of ether oxygens (including phenoxy) is 2. The predicted octanol–water partition coefficient (Wildman–Crippen LogP) is 2.87. The fourth-order valence-corrected chi connectivity index (χ4v) is 1.85. The van der Waals surface area contributed by atoms with Crippen molar-refractivity contribution in [3.63, 3.8) is 0 Å². The average molecular weight is 337 g/mol. The average Bonchev–Trinajstić information content (AvgIpc) is 2.34. The van der Waals surface area contributed by atoms with E-state index in [-0.39, 0.29) is 11.1 Å². The van der Waals surface area contributed by atoms with Gasteiger partial charge in [-0.05, 0) is 28.9 Å². The van der Waals surface area contributed by atoms with E-state index in [1.54, 1.807) is 6.92 Å². The second-order valence-electron chi connectivity index (χ2n) is 3.47. The number of halogens is 3. The Kier molecular flexibility index (Phi) is 5.41. The summed E-state index contributed by atoms with van der Waals surface area (Å²) < 4.78 is 36.4. The summed E-state index contributed by atoms with van der Waals surface area (Å²) in [5.41, 5.74) is -0.550. The molecule has 0 aliphatic rings. The van der Waals surface area contributed by atoms with Crippen LogP contribution in [0.5, 0.6) is 5.75 Å². The lowest BCUT2D eigenvalue weighted by Crippen LogP contribution is -2.13. The van der Waals surface area contributed by atoms with E-state index in [1.165, 1.54) is 0 Å². The second kappa shape index (κ2) is 6.60. The number of benzene rings is 1. The molecule has 0 aliphatic heterocycles. The molecule has 0 saturated heterocycles. The molecule has 0 heterocycles. The van der Waals surface area contributed by atoms with Crippen LogP contribution in [-0.4, -0.2) is 25.5 Å². The van der Waals surface area contributed by atoms with E-state index >= 15 is 0 Å². The van der Waals surface area contributed by atoms with Gasteiger partial charge in [-0.3, -0.25) is 9.59 Å². The van der Waals surface area contributed by atoms with Gasteiger partial charge in [-0.25, -0.2) is 8.78 Å². The Labute approximate surface area is 116 Å². The van der Waals surface area contributed by atoms with Crippen LogP contribution in [0.4, 0.5) is 8.78 Å². The summed E-state index contributed by atoms with van der Waals surface area (Å²) in [4.78, 5) is 22.8. The summed E-state index contributed by atoms with van der Waals surface area (Å²) in [6.45, 7) is 1.68. The van der Waals surface area contributed by atoms with E-state index in [9.17, 15) is 18.4 Å². The molecule has 0 amide bonds. The number of hydrogen-bond donors (Lipinski definition) is 0. The minimum absolute atomic E-state index is 0.104. The minimum atomic E-state index is -1.02. The standard InChI is InChI=1S/C12H11BrF2O4/c1-3-19-9(17)5-8(16)6-4-7(14)10(13)12(18-2)11(6)15/h4H,3,5H2,1-2H3. The van der Waals surface area contributed by atoms with Crippen LogP contribution in [-0.2, 0) is 9.53 Å². The van der Waals surface area contributed by atoms with Gasteiger partial charge in [0.1, 0.15) is 12.2 Å². The topological polar surface area (TPSA) is 52.6 Å². The largest absolute Gasteiger partial charge is 0.492 e. The maximum Gasteiger partial charge on any atom is 0.313 e. The monoisotopic (exact) mass is 336 g/mol. The minimum Gasteiger partial charge on any atom is -0.492 e. The van der Waals surface area contributed by atoms with Gasteiger partial charge >= 0.3 is 5.97 Å². The zero-order chi connectivity index (χ0) is 14.6. The molecular formula is C12H11BrF2O4. The fourth-order valence-electron chi connectivity index (χ4n) is 1.40. The van der Waals surface area contributed by atoms with Crippen molar-refractivity contribution in [3.05, 3.63) is 27.7 Å². The van der Waals surface area contributed by atoms with E-state index in [4.69, 9.17) is 0 Å². The number of rotatable bonds is 5. The van der Waals surface area contributed by atoms with Crippen molar-refractivity contribution >= 4 is 27.7 Å². The predicted molar refractivity (Wildman–Crippen MR) is 66.2 cm³/mol. The molecule has 0 radical (unpaired) electrons. The van der Waals surface area contributed by atoms with Crippen LogP contribution in [0.1, 0.15) is 23.7 Å². The highest BCUT2D eigenvalue weighted by Gasteiger charge is 2.23. The first kappa shape index (κ1) is 15.6. The van der Waals surface area contributed by atoms with Crippen LogP contribution < -0.4 is 4.74 Å². The molecule has 7 heteroatoms. The van der Waals surface area contributed by atoms with Gasteiger partial charge in [0.05, 0.1) is 23.8 Å².